The highest BCUT2D eigenvalue weighted by atomic mass is 127. The van der Waals surface area contributed by atoms with Crippen molar-refractivity contribution in [3.8, 4) is 5.75 Å². The number of rotatable bonds is 6. The lowest BCUT2D eigenvalue weighted by Crippen LogP contribution is -2.12. The first kappa shape index (κ1) is 18.9. The quantitative estimate of drug-likeness (QED) is 0.308. The molecule has 0 saturated heterocycles. The van der Waals surface area contributed by atoms with Gasteiger partial charge in [-0.15, -0.1) is 0 Å². The number of halogens is 1. The topological polar surface area (TPSA) is 94.6 Å². The third kappa shape index (κ3) is 4.85. The molecular formula is C19H15IN2O5. The first-order valence-corrected chi connectivity index (χ1v) is 9.04. The summed E-state index contributed by atoms with van der Waals surface area (Å²) in [6.45, 7) is 1.91. The molecule has 1 amide bonds. The van der Waals surface area contributed by atoms with Crippen LogP contribution in [0.1, 0.15) is 21.9 Å². The first-order valence-electron chi connectivity index (χ1n) is 7.96. The smallest absolute Gasteiger partial charge is 0.293 e. The molecule has 3 aromatic rings. The Hall–Kier alpha value is -2.88. The summed E-state index contributed by atoms with van der Waals surface area (Å²) in [5.74, 6) is 0.638. The Morgan fingerprint density at radius 1 is 1.19 bits per heavy atom. The standard InChI is InChI=1S/C19H15IN2O5/c1-12-2-8-16(17(10-12)22(24)25)21-19(23)18-9-7-15(27-18)11-26-14-5-3-13(20)4-6-14/h2-10H,11H2,1H3,(H,21,23). The Labute approximate surface area is 168 Å². The molecule has 8 heteroatoms. The number of amides is 1. The van der Waals surface area contributed by atoms with E-state index in [9.17, 15) is 14.9 Å². The molecule has 0 fully saturated rings. The van der Waals surface area contributed by atoms with Gasteiger partial charge in [0.15, 0.2) is 5.76 Å². The summed E-state index contributed by atoms with van der Waals surface area (Å²) in [5.41, 5.74) is 0.675. The Bertz CT molecular complexity index is 982. The van der Waals surface area contributed by atoms with Crippen molar-refractivity contribution < 1.29 is 18.9 Å². The van der Waals surface area contributed by atoms with E-state index < -0.39 is 10.8 Å². The van der Waals surface area contributed by atoms with E-state index in [0.29, 0.717) is 11.5 Å². The van der Waals surface area contributed by atoms with Crippen molar-refractivity contribution in [1.82, 2.24) is 0 Å². The van der Waals surface area contributed by atoms with Gasteiger partial charge in [-0.3, -0.25) is 14.9 Å². The number of aryl methyl sites for hydroxylation is 1. The van der Waals surface area contributed by atoms with Gasteiger partial charge in [0.25, 0.3) is 11.6 Å². The minimum atomic E-state index is -0.567. The second-order valence-electron chi connectivity index (χ2n) is 5.74. The average Bonchev–Trinajstić information content (AvgIpc) is 3.12. The molecule has 3 rings (SSSR count). The highest BCUT2D eigenvalue weighted by Crippen LogP contribution is 2.26. The number of anilines is 1. The summed E-state index contributed by atoms with van der Waals surface area (Å²) in [6, 6.07) is 15.2. The lowest BCUT2D eigenvalue weighted by molar-refractivity contribution is -0.384. The number of carbonyl (C=O) groups is 1. The number of ether oxygens (including phenoxy) is 1. The van der Waals surface area contributed by atoms with Gasteiger partial charge in [-0.05, 0) is 77.5 Å². The number of nitrogens with zero attached hydrogens (tertiary/aromatic N) is 1. The minimum absolute atomic E-state index is 0.0473. The van der Waals surface area contributed by atoms with Crippen LogP contribution >= 0.6 is 22.6 Å². The Morgan fingerprint density at radius 2 is 1.93 bits per heavy atom. The van der Waals surface area contributed by atoms with Gasteiger partial charge in [-0.25, -0.2) is 0 Å². The van der Waals surface area contributed by atoms with Gasteiger partial charge in [0.05, 0.1) is 4.92 Å². The van der Waals surface area contributed by atoms with Crippen LogP contribution in [0.25, 0.3) is 0 Å². The molecule has 0 aliphatic rings. The Kier molecular flexibility index (Phi) is 5.75. The predicted octanol–water partition coefficient (Wildman–Crippen LogP) is 4.93. The van der Waals surface area contributed by atoms with Crippen LogP contribution in [0.4, 0.5) is 11.4 Å². The molecule has 2 aromatic carbocycles. The maximum atomic E-state index is 12.3. The normalized spacial score (nSPS) is 10.4. The molecular weight excluding hydrogens is 463 g/mol. The second kappa shape index (κ2) is 8.21. The monoisotopic (exact) mass is 478 g/mol. The van der Waals surface area contributed by atoms with Crippen LogP contribution in [0.5, 0.6) is 5.75 Å². The zero-order valence-electron chi connectivity index (χ0n) is 14.3. The first-order chi connectivity index (χ1) is 12.9. The van der Waals surface area contributed by atoms with Crippen LogP contribution in [0.2, 0.25) is 0 Å². The van der Waals surface area contributed by atoms with Gasteiger partial charge in [0, 0.05) is 9.64 Å². The zero-order chi connectivity index (χ0) is 19.4. The Balaban J connectivity index is 1.66. The van der Waals surface area contributed by atoms with Crippen molar-refractivity contribution in [1.29, 1.82) is 0 Å². The number of nitrogens with one attached hydrogen (secondary N) is 1. The number of hydrogen-bond acceptors (Lipinski definition) is 5. The lowest BCUT2D eigenvalue weighted by Gasteiger charge is -2.06. The zero-order valence-corrected chi connectivity index (χ0v) is 16.4. The largest absolute Gasteiger partial charge is 0.486 e. The fourth-order valence-corrected chi connectivity index (χ4v) is 2.70. The third-order valence-corrected chi connectivity index (χ3v) is 4.40. The van der Waals surface area contributed by atoms with E-state index in [1.165, 1.54) is 18.2 Å². The molecule has 0 aliphatic heterocycles. The number of nitro benzene ring substituents is 1. The minimum Gasteiger partial charge on any atom is -0.486 e. The van der Waals surface area contributed by atoms with Crippen LogP contribution in [0, 0.1) is 20.6 Å². The van der Waals surface area contributed by atoms with Crippen molar-refractivity contribution >= 4 is 39.9 Å². The molecule has 7 nitrogen and oxygen atoms in total. The molecule has 138 valence electrons. The summed E-state index contributed by atoms with van der Waals surface area (Å²) >= 11 is 2.20. The van der Waals surface area contributed by atoms with Crippen LogP contribution in [-0.2, 0) is 6.61 Å². The van der Waals surface area contributed by atoms with Crippen molar-refractivity contribution in [2.75, 3.05) is 5.32 Å². The van der Waals surface area contributed by atoms with Crippen molar-refractivity contribution in [3.63, 3.8) is 0 Å². The summed E-state index contributed by atoms with van der Waals surface area (Å²) < 4.78 is 12.2. The van der Waals surface area contributed by atoms with Crippen molar-refractivity contribution in [2.45, 2.75) is 13.5 Å². The van der Waals surface area contributed by atoms with Gasteiger partial charge in [-0.1, -0.05) is 6.07 Å². The molecule has 0 spiro atoms. The van der Waals surface area contributed by atoms with Gasteiger partial charge >= 0.3 is 0 Å². The molecule has 0 atom stereocenters. The molecule has 1 heterocycles. The van der Waals surface area contributed by atoms with Crippen LogP contribution in [0.15, 0.2) is 59.0 Å². The van der Waals surface area contributed by atoms with E-state index in [2.05, 4.69) is 27.9 Å². The second-order valence-corrected chi connectivity index (χ2v) is 6.99. The van der Waals surface area contributed by atoms with Gasteiger partial charge in [0.1, 0.15) is 23.8 Å². The number of furan rings is 1. The maximum Gasteiger partial charge on any atom is 0.293 e. The Morgan fingerprint density at radius 3 is 2.63 bits per heavy atom. The van der Waals surface area contributed by atoms with Crippen LogP contribution in [0.3, 0.4) is 0 Å². The molecule has 0 aliphatic carbocycles. The molecule has 27 heavy (non-hydrogen) atoms. The van der Waals surface area contributed by atoms with E-state index in [-0.39, 0.29) is 23.7 Å². The average molecular weight is 478 g/mol. The molecule has 0 bridgehead atoms. The summed E-state index contributed by atoms with van der Waals surface area (Å²) in [4.78, 5) is 22.9. The summed E-state index contributed by atoms with van der Waals surface area (Å²) in [5, 5.41) is 13.7. The summed E-state index contributed by atoms with van der Waals surface area (Å²) in [7, 11) is 0. The van der Waals surface area contributed by atoms with Crippen molar-refractivity contribution in [2.24, 2.45) is 0 Å². The van der Waals surface area contributed by atoms with E-state index in [0.717, 1.165) is 9.13 Å². The fourth-order valence-electron chi connectivity index (χ4n) is 2.35. The fraction of sp³-hybridized carbons (Fsp3) is 0.105. The predicted molar refractivity (Wildman–Crippen MR) is 108 cm³/mol. The molecule has 0 saturated carbocycles. The van der Waals surface area contributed by atoms with E-state index in [4.69, 9.17) is 9.15 Å². The molecule has 0 radical (unpaired) electrons. The van der Waals surface area contributed by atoms with Gasteiger partial charge in [-0.2, -0.15) is 0 Å². The number of benzene rings is 2. The molecule has 1 N–H and O–H groups in total. The number of hydrogen-bond donors (Lipinski definition) is 1. The summed E-state index contributed by atoms with van der Waals surface area (Å²) in [6.07, 6.45) is 0. The van der Waals surface area contributed by atoms with Gasteiger partial charge < -0.3 is 14.5 Å². The number of nitro groups is 1. The highest BCUT2D eigenvalue weighted by Gasteiger charge is 2.18. The van der Waals surface area contributed by atoms with Crippen LogP contribution < -0.4 is 10.1 Å². The SMILES string of the molecule is Cc1ccc(NC(=O)c2ccc(COc3ccc(I)cc3)o2)c([N+](=O)[O-])c1. The van der Waals surface area contributed by atoms with E-state index >= 15 is 0 Å². The molecule has 0 unspecified atom stereocenters. The van der Waals surface area contributed by atoms with E-state index in [1.54, 1.807) is 19.1 Å². The lowest BCUT2D eigenvalue weighted by atomic mass is 10.2. The van der Waals surface area contributed by atoms with Crippen molar-refractivity contribution in [3.05, 3.63) is 85.4 Å². The van der Waals surface area contributed by atoms with Gasteiger partial charge in [0.2, 0.25) is 0 Å². The number of carbonyl (C=O) groups excluding carboxylic acids is 1. The van der Waals surface area contributed by atoms with Crippen LogP contribution in [-0.4, -0.2) is 10.8 Å². The maximum absolute atomic E-state index is 12.3. The highest BCUT2D eigenvalue weighted by molar-refractivity contribution is 14.1. The molecule has 1 aromatic heterocycles. The third-order valence-electron chi connectivity index (χ3n) is 3.68. The van der Waals surface area contributed by atoms with E-state index in [1.807, 2.05) is 24.3 Å².